The van der Waals surface area contributed by atoms with E-state index in [4.69, 9.17) is 19.9 Å². The fraction of sp³-hybridized carbons (Fsp3) is 0.241. The van der Waals surface area contributed by atoms with Gasteiger partial charge in [0.25, 0.3) is 17.0 Å². The van der Waals surface area contributed by atoms with E-state index < -0.39 is 71.5 Å². The maximum Gasteiger partial charge on any atom is 0.408 e. The van der Waals surface area contributed by atoms with Gasteiger partial charge in [0.15, 0.2) is 0 Å². The van der Waals surface area contributed by atoms with Crippen LogP contribution in [-0.4, -0.2) is 96.5 Å². The van der Waals surface area contributed by atoms with Crippen LogP contribution in [0.3, 0.4) is 0 Å². The highest BCUT2D eigenvalue weighted by Crippen LogP contribution is 2.38. The largest absolute Gasteiger partial charge is 0.495 e. The van der Waals surface area contributed by atoms with E-state index in [1.165, 1.54) is 48.6 Å². The predicted octanol–water partition coefficient (Wildman–Crippen LogP) is 7.22. The number of carboxylic acids is 1. The molecule has 0 saturated carbocycles. The molecule has 0 fully saturated rings. The molecule has 6 heterocycles. The number of carbonyl (C=O) groups is 3. The van der Waals surface area contributed by atoms with Crippen LogP contribution in [0.4, 0.5) is 27.6 Å². The first kappa shape index (κ1) is 54.2. The number of halogens is 5. The first-order valence-electron chi connectivity index (χ1n) is 23.7. The second kappa shape index (κ2) is 22.0. The monoisotopic (exact) mass is 1060 g/mol. The van der Waals surface area contributed by atoms with Gasteiger partial charge < -0.3 is 53.6 Å². The van der Waals surface area contributed by atoms with E-state index in [1.807, 2.05) is 46.1 Å². The molecule has 0 bridgehead atoms. The zero-order chi connectivity index (χ0) is 55.6. The number of aromatic nitrogens is 6. The van der Waals surface area contributed by atoms with Crippen LogP contribution in [0.1, 0.15) is 35.1 Å². The Bertz CT molecular complexity index is 3870. The smallest absolute Gasteiger partial charge is 0.408 e. The Hall–Kier alpha value is -9.12. The number of rotatable bonds is 15. The zero-order valence-electron chi connectivity index (χ0n) is 42.1. The van der Waals surface area contributed by atoms with Crippen LogP contribution in [-0.2, 0) is 41.3 Å². The van der Waals surface area contributed by atoms with Crippen LogP contribution >= 0.6 is 0 Å². The quantitative estimate of drug-likeness (QED) is 0.0588. The van der Waals surface area contributed by atoms with Crippen molar-refractivity contribution in [2.24, 2.45) is 19.8 Å². The SMILES string of the molecule is CC[C@@H](Nc1cc(F)c(C(=O)N[C@@H](Cc2ccc(-c3c(OC)c4ccccc4n(C)c3=O)c3nccn23)C(=O)O)c(F)c1)C(F)(F)F.COC(=O)[C@@H](N)Cc1ccc(-c2c(OC)c3ccccc3n(C)c2=O)c2nccn12. The molecule has 77 heavy (non-hydrogen) atoms. The van der Waals surface area contributed by atoms with Crippen molar-refractivity contribution in [2.75, 3.05) is 26.6 Å². The van der Waals surface area contributed by atoms with Gasteiger partial charge in [-0.3, -0.25) is 19.2 Å². The number of ether oxygens (including phenoxy) is 3. The molecule has 3 aromatic carbocycles. The van der Waals surface area contributed by atoms with Crippen molar-refractivity contribution >= 4 is 56.6 Å². The lowest BCUT2D eigenvalue weighted by Gasteiger charge is -2.22. The summed E-state index contributed by atoms with van der Waals surface area (Å²) in [4.78, 5) is 72.5. The second-order valence-corrected chi connectivity index (χ2v) is 17.7. The number of carbonyl (C=O) groups excluding carboxylic acids is 2. The number of methoxy groups -OCH3 is 3. The van der Waals surface area contributed by atoms with E-state index in [9.17, 15) is 51.0 Å². The van der Waals surface area contributed by atoms with Gasteiger partial charge in [-0.25, -0.2) is 23.5 Å². The maximum absolute atomic E-state index is 14.9. The fourth-order valence-corrected chi connectivity index (χ4v) is 9.28. The molecule has 400 valence electrons. The Labute approximate surface area is 434 Å². The molecule has 0 aliphatic rings. The predicted molar refractivity (Wildman–Crippen MR) is 276 cm³/mol. The number of aryl methyl sites for hydroxylation is 2. The lowest BCUT2D eigenvalue weighted by atomic mass is 10.0. The van der Waals surface area contributed by atoms with Crippen molar-refractivity contribution in [1.29, 1.82) is 0 Å². The molecule has 0 radical (unpaired) electrons. The number of carboxylic acid groups (broad SMARTS) is 1. The minimum atomic E-state index is -4.69. The lowest BCUT2D eigenvalue weighted by molar-refractivity contribution is -0.143. The minimum Gasteiger partial charge on any atom is -0.495 e. The number of aliphatic carboxylic acids is 1. The second-order valence-electron chi connectivity index (χ2n) is 17.7. The van der Waals surface area contributed by atoms with Gasteiger partial charge >= 0.3 is 18.1 Å². The van der Waals surface area contributed by atoms with E-state index in [-0.39, 0.29) is 35.2 Å². The lowest BCUT2D eigenvalue weighted by Crippen LogP contribution is -2.43. The number of esters is 1. The first-order chi connectivity index (χ1) is 36.7. The van der Waals surface area contributed by atoms with Crippen LogP contribution in [0.5, 0.6) is 11.5 Å². The van der Waals surface area contributed by atoms with E-state index >= 15 is 0 Å². The third-order valence-corrected chi connectivity index (χ3v) is 13.1. The Balaban J connectivity index is 0.000000224. The molecule has 0 unspecified atom stereocenters. The minimum absolute atomic E-state index is 0.186. The molecule has 0 aliphatic heterocycles. The summed E-state index contributed by atoms with van der Waals surface area (Å²) in [5.74, 6) is -5.61. The maximum atomic E-state index is 14.9. The van der Waals surface area contributed by atoms with Crippen molar-refractivity contribution < 1.29 is 55.7 Å². The van der Waals surface area contributed by atoms with Crippen molar-refractivity contribution in [3.63, 3.8) is 0 Å². The number of amides is 1. The highest BCUT2D eigenvalue weighted by Gasteiger charge is 2.39. The van der Waals surface area contributed by atoms with Gasteiger partial charge in [-0.2, -0.15) is 13.2 Å². The Morgan fingerprint density at radius 2 is 1.19 bits per heavy atom. The molecular weight excluding hydrogens is 1010 g/mol. The van der Waals surface area contributed by atoms with Gasteiger partial charge in [0.2, 0.25) is 0 Å². The van der Waals surface area contributed by atoms with Crippen molar-refractivity contribution in [3.05, 3.63) is 159 Å². The standard InChI is InChI=1S/C32H28F5N5O5.C22H22N4O4/c1-4-24(32(35,36)37)39-16-13-20(33)26(21(34)14-16)29(43)40-22(31(45)46)15-17-9-10-19(28-38-11-12-42(17)28)25-27(47-3)18-7-5-6-8-23(18)41(2)30(25)44;1-25-17-7-5-4-6-14(17)19(29-2)18(21(25)27)15-9-8-13(12-16(23)22(28)30-3)26-11-10-24-20(15)26/h5-14,22,24,39H,4,15H2,1-3H3,(H,40,43)(H,45,46);4-11,16H,12,23H2,1-3H3/t22-,24+;16-/m00/s1. The first-order valence-corrected chi connectivity index (χ1v) is 23.7. The Morgan fingerprint density at radius 1 is 0.727 bits per heavy atom. The summed E-state index contributed by atoms with van der Waals surface area (Å²) in [6.45, 7) is 1.23. The number of nitrogens with two attached hydrogens (primary N) is 1. The van der Waals surface area contributed by atoms with Crippen molar-refractivity contribution in [3.8, 4) is 33.8 Å². The third-order valence-electron chi connectivity index (χ3n) is 13.1. The topological polar surface area (TPSA) is 228 Å². The van der Waals surface area contributed by atoms with Gasteiger partial charge in [0.05, 0.1) is 43.5 Å². The molecule has 9 aromatic rings. The summed E-state index contributed by atoms with van der Waals surface area (Å²) in [6.07, 6.45) is 1.13. The van der Waals surface area contributed by atoms with Gasteiger partial charge in [0.1, 0.15) is 58.1 Å². The van der Waals surface area contributed by atoms with Crippen LogP contribution < -0.4 is 37.0 Å². The van der Waals surface area contributed by atoms with E-state index in [0.717, 1.165) is 16.6 Å². The van der Waals surface area contributed by atoms with Crippen LogP contribution in [0.15, 0.2) is 119 Å². The van der Waals surface area contributed by atoms with Crippen molar-refractivity contribution in [1.82, 2.24) is 33.2 Å². The molecule has 0 saturated heterocycles. The summed E-state index contributed by atoms with van der Waals surface area (Å²) >= 11 is 0. The highest BCUT2D eigenvalue weighted by atomic mass is 19.4. The Kier molecular flexibility index (Phi) is 15.5. The van der Waals surface area contributed by atoms with E-state index in [2.05, 4.69) is 15.3 Å². The summed E-state index contributed by atoms with van der Waals surface area (Å²) in [5.41, 5.74) is 8.69. The van der Waals surface area contributed by atoms with Crippen LogP contribution in [0, 0.1) is 11.6 Å². The molecule has 9 rings (SSSR count). The number of fused-ring (bicyclic) bond motifs is 4. The van der Waals surface area contributed by atoms with E-state index in [0.29, 0.717) is 62.6 Å². The highest BCUT2D eigenvalue weighted by molar-refractivity contribution is 5.98. The Morgan fingerprint density at radius 3 is 1.62 bits per heavy atom. The number of nitrogens with one attached hydrogen (secondary N) is 2. The molecule has 0 spiro atoms. The number of hydrogen-bond acceptors (Lipinski definition) is 12. The third kappa shape index (κ3) is 10.4. The fourth-order valence-electron chi connectivity index (χ4n) is 9.28. The van der Waals surface area contributed by atoms with Crippen molar-refractivity contribution in [2.45, 2.75) is 50.5 Å². The number of imidazole rings is 2. The number of anilines is 1. The number of alkyl halides is 3. The molecule has 1 amide bonds. The molecule has 5 N–H and O–H groups in total. The zero-order valence-corrected chi connectivity index (χ0v) is 42.1. The van der Waals surface area contributed by atoms with Gasteiger partial charge in [-0.05, 0) is 67.1 Å². The van der Waals surface area contributed by atoms with Gasteiger partial charge in [0, 0.05) is 90.7 Å². The number of pyridine rings is 4. The molecular formula is C54H50F5N9O9. The number of hydrogen-bond donors (Lipinski definition) is 4. The molecule has 6 aromatic heterocycles. The molecule has 23 heteroatoms. The van der Waals surface area contributed by atoms with Crippen LogP contribution in [0.2, 0.25) is 0 Å². The average molecular weight is 1060 g/mol. The summed E-state index contributed by atoms with van der Waals surface area (Å²) in [7, 11) is 7.64. The average Bonchev–Trinajstić information content (AvgIpc) is 4.25. The number of para-hydroxylation sites is 2. The number of benzene rings is 3. The normalized spacial score (nSPS) is 12.7. The molecule has 18 nitrogen and oxygen atoms in total. The summed E-state index contributed by atoms with van der Waals surface area (Å²) < 4.78 is 91.6. The summed E-state index contributed by atoms with van der Waals surface area (Å²) in [6, 6.07) is 17.9. The number of nitrogens with zero attached hydrogens (tertiary/aromatic N) is 6. The van der Waals surface area contributed by atoms with Gasteiger partial charge in [-0.15, -0.1) is 0 Å². The summed E-state index contributed by atoms with van der Waals surface area (Å²) in [5, 5.41) is 15.5. The van der Waals surface area contributed by atoms with E-state index in [1.54, 1.807) is 68.5 Å². The molecule has 3 atom stereocenters. The van der Waals surface area contributed by atoms with Gasteiger partial charge in [-0.1, -0.05) is 31.2 Å². The van der Waals surface area contributed by atoms with Crippen LogP contribution in [0.25, 0.3) is 55.4 Å². The molecule has 0 aliphatic carbocycles.